The molecule has 90 valence electrons. The standard InChI is InChI=1S/C12H16N4O/c1-16(2)12-15-14-11(17-12)10(13)8-9-6-4-3-5-7-9/h3-7,10H,8,13H2,1-2H3. The van der Waals surface area contributed by atoms with E-state index in [1.54, 1.807) is 4.90 Å². The maximum atomic E-state index is 6.03. The van der Waals surface area contributed by atoms with Crippen LogP contribution in [0.4, 0.5) is 6.01 Å². The maximum absolute atomic E-state index is 6.03. The largest absolute Gasteiger partial charge is 0.406 e. The molecule has 0 aliphatic rings. The molecular formula is C12H16N4O. The SMILES string of the molecule is CN(C)c1nnc(C(N)Cc2ccccc2)o1. The molecule has 1 aromatic carbocycles. The Bertz CT molecular complexity index is 466. The molecule has 0 saturated heterocycles. The molecule has 0 aliphatic heterocycles. The van der Waals surface area contributed by atoms with Gasteiger partial charge < -0.3 is 15.1 Å². The van der Waals surface area contributed by atoms with Crippen molar-refractivity contribution >= 4 is 6.01 Å². The molecule has 2 aromatic rings. The van der Waals surface area contributed by atoms with Gasteiger partial charge in [0.05, 0.1) is 6.04 Å². The normalized spacial score (nSPS) is 12.4. The smallest absolute Gasteiger partial charge is 0.317 e. The van der Waals surface area contributed by atoms with Crippen LogP contribution < -0.4 is 10.6 Å². The number of rotatable bonds is 4. The Labute approximate surface area is 100 Å². The van der Waals surface area contributed by atoms with Gasteiger partial charge in [-0.15, -0.1) is 5.10 Å². The Morgan fingerprint density at radius 3 is 2.53 bits per heavy atom. The van der Waals surface area contributed by atoms with Crippen molar-refractivity contribution in [2.75, 3.05) is 19.0 Å². The number of anilines is 1. The number of benzene rings is 1. The fraction of sp³-hybridized carbons (Fsp3) is 0.333. The van der Waals surface area contributed by atoms with E-state index in [1.807, 2.05) is 44.4 Å². The molecule has 2 rings (SSSR count). The lowest BCUT2D eigenvalue weighted by atomic mass is 10.1. The van der Waals surface area contributed by atoms with Crippen molar-refractivity contribution < 1.29 is 4.42 Å². The Kier molecular flexibility index (Phi) is 3.39. The topological polar surface area (TPSA) is 68.2 Å². The van der Waals surface area contributed by atoms with E-state index in [-0.39, 0.29) is 6.04 Å². The van der Waals surface area contributed by atoms with Crippen LogP contribution in [0.1, 0.15) is 17.5 Å². The van der Waals surface area contributed by atoms with E-state index in [9.17, 15) is 0 Å². The number of nitrogens with two attached hydrogens (primary N) is 1. The van der Waals surface area contributed by atoms with Crippen LogP contribution in [0.25, 0.3) is 0 Å². The van der Waals surface area contributed by atoms with E-state index in [2.05, 4.69) is 10.2 Å². The number of nitrogens with zero attached hydrogens (tertiary/aromatic N) is 3. The summed E-state index contributed by atoms with van der Waals surface area (Å²) in [7, 11) is 3.69. The van der Waals surface area contributed by atoms with E-state index in [1.165, 1.54) is 0 Å². The molecule has 5 nitrogen and oxygen atoms in total. The molecule has 2 N–H and O–H groups in total. The predicted molar refractivity (Wildman–Crippen MR) is 65.7 cm³/mol. The highest BCUT2D eigenvalue weighted by Gasteiger charge is 2.15. The van der Waals surface area contributed by atoms with Gasteiger partial charge in [0, 0.05) is 14.1 Å². The van der Waals surface area contributed by atoms with Gasteiger partial charge in [-0.3, -0.25) is 0 Å². The third-order valence-corrected chi connectivity index (χ3v) is 2.43. The molecule has 1 heterocycles. The summed E-state index contributed by atoms with van der Waals surface area (Å²) in [5, 5.41) is 7.86. The first-order valence-electron chi connectivity index (χ1n) is 5.47. The van der Waals surface area contributed by atoms with Gasteiger partial charge in [0.1, 0.15) is 0 Å². The van der Waals surface area contributed by atoms with Gasteiger partial charge in [-0.25, -0.2) is 0 Å². The van der Waals surface area contributed by atoms with E-state index in [4.69, 9.17) is 10.2 Å². The monoisotopic (exact) mass is 232 g/mol. The second-order valence-electron chi connectivity index (χ2n) is 4.11. The van der Waals surface area contributed by atoms with E-state index < -0.39 is 0 Å². The van der Waals surface area contributed by atoms with E-state index in [0.717, 1.165) is 5.56 Å². The zero-order valence-corrected chi connectivity index (χ0v) is 10.00. The Balaban J connectivity index is 2.07. The Morgan fingerprint density at radius 2 is 1.94 bits per heavy atom. The van der Waals surface area contributed by atoms with Crippen molar-refractivity contribution in [1.82, 2.24) is 10.2 Å². The Hall–Kier alpha value is -1.88. The second kappa shape index (κ2) is 4.97. The summed E-state index contributed by atoms with van der Waals surface area (Å²) in [5.74, 6) is 0.470. The van der Waals surface area contributed by atoms with Gasteiger partial charge in [0.15, 0.2) is 0 Å². The van der Waals surface area contributed by atoms with Gasteiger partial charge in [0.25, 0.3) is 0 Å². The van der Waals surface area contributed by atoms with Gasteiger partial charge >= 0.3 is 6.01 Å². The molecule has 17 heavy (non-hydrogen) atoms. The molecule has 0 amide bonds. The number of hydrogen-bond donors (Lipinski definition) is 1. The van der Waals surface area contributed by atoms with E-state index >= 15 is 0 Å². The molecule has 0 bridgehead atoms. The van der Waals surface area contributed by atoms with Crippen molar-refractivity contribution in [2.24, 2.45) is 5.73 Å². The van der Waals surface area contributed by atoms with Crippen molar-refractivity contribution in [3.05, 3.63) is 41.8 Å². The molecule has 0 saturated carbocycles. The van der Waals surface area contributed by atoms with Crippen LogP contribution in [0.3, 0.4) is 0 Å². The molecule has 0 radical (unpaired) electrons. The number of hydrogen-bond acceptors (Lipinski definition) is 5. The van der Waals surface area contributed by atoms with Crippen LogP contribution in [-0.2, 0) is 6.42 Å². The van der Waals surface area contributed by atoms with Gasteiger partial charge in [-0.2, -0.15) is 0 Å². The fourth-order valence-electron chi connectivity index (χ4n) is 1.51. The van der Waals surface area contributed by atoms with Crippen molar-refractivity contribution in [3.8, 4) is 0 Å². The third kappa shape index (κ3) is 2.82. The van der Waals surface area contributed by atoms with Crippen LogP contribution >= 0.6 is 0 Å². The zero-order valence-electron chi connectivity index (χ0n) is 10.00. The van der Waals surface area contributed by atoms with Crippen LogP contribution in [0, 0.1) is 0 Å². The first kappa shape index (κ1) is 11.6. The molecule has 1 atom stereocenters. The van der Waals surface area contributed by atoms with Gasteiger partial charge in [-0.05, 0) is 12.0 Å². The summed E-state index contributed by atoms with van der Waals surface area (Å²) >= 11 is 0. The van der Waals surface area contributed by atoms with Gasteiger partial charge in [0.2, 0.25) is 5.89 Å². The highest BCUT2D eigenvalue weighted by Crippen LogP contribution is 2.17. The summed E-state index contributed by atoms with van der Waals surface area (Å²) in [6, 6.07) is 10.2. The highest BCUT2D eigenvalue weighted by atomic mass is 16.4. The number of aromatic nitrogens is 2. The van der Waals surface area contributed by atoms with Crippen LogP contribution in [0.2, 0.25) is 0 Å². The molecule has 0 fully saturated rings. The molecule has 0 spiro atoms. The third-order valence-electron chi connectivity index (χ3n) is 2.43. The minimum Gasteiger partial charge on any atom is -0.406 e. The molecule has 1 aromatic heterocycles. The van der Waals surface area contributed by atoms with Crippen molar-refractivity contribution in [2.45, 2.75) is 12.5 Å². The molecular weight excluding hydrogens is 216 g/mol. The average Bonchev–Trinajstić information content (AvgIpc) is 2.79. The van der Waals surface area contributed by atoms with E-state index in [0.29, 0.717) is 18.3 Å². The molecule has 0 aliphatic carbocycles. The Morgan fingerprint density at radius 1 is 1.24 bits per heavy atom. The van der Waals surface area contributed by atoms with Crippen molar-refractivity contribution in [3.63, 3.8) is 0 Å². The van der Waals surface area contributed by atoms with Crippen molar-refractivity contribution in [1.29, 1.82) is 0 Å². The predicted octanol–water partition coefficient (Wildman–Crippen LogP) is 1.38. The molecule has 5 heteroatoms. The zero-order chi connectivity index (χ0) is 12.3. The summed E-state index contributed by atoms with van der Waals surface area (Å²) < 4.78 is 5.46. The molecule has 1 unspecified atom stereocenters. The summed E-state index contributed by atoms with van der Waals surface area (Å²) in [4.78, 5) is 1.76. The lowest BCUT2D eigenvalue weighted by Crippen LogP contribution is -2.13. The minimum absolute atomic E-state index is 0.265. The average molecular weight is 232 g/mol. The van der Waals surface area contributed by atoms with Gasteiger partial charge in [-0.1, -0.05) is 35.4 Å². The highest BCUT2D eigenvalue weighted by molar-refractivity contribution is 5.21. The second-order valence-corrected chi connectivity index (χ2v) is 4.11. The minimum atomic E-state index is -0.265. The summed E-state index contributed by atoms with van der Waals surface area (Å²) in [6.07, 6.45) is 0.690. The first-order chi connectivity index (χ1) is 8.16. The lowest BCUT2D eigenvalue weighted by molar-refractivity contribution is 0.450. The summed E-state index contributed by atoms with van der Waals surface area (Å²) in [6.45, 7) is 0. The van der Waals surface area contributed by atoms with Crippen LogP contribution in [0.15, 0.2) is 34.7 Å². The summed E-state index contributed by atoms with van der Waals surface area (Å²) in [5.41, 5.74) is 7.18. The maximum Gasteiger partial charge on any atom is 0.317 e. The van der Waals surface area contributed by atoms with Crippen LogP contribution in [0.5, 0.6) is 0 Å². The fourth-order valence-corrected chi connectivity index (χ4v) is 1.51. The first-order valence-corrected chi connectivity index (χ1v) is 5.47. The lowest BCUT2D eigenvalue weighted by Gasteiger charge is -2.07. The van der Waals surface area contributed by atoms with Crippen LogP contribution in [-0.4, -0.2) is 24.3 Å². The quantitative estimate of drug-likeness (QED) is 0.862.